The third kappa shape index (κ3) is 3.06. The zero-order valence-corrected chi connectivity index (χ0v) is 11.8. The summed E-state index contributed by atoms with van der Waals surface area (Å²) in [6, 6.07) is 9.42. The summed E-state index contributed by atoms with van der Waals surface area (Å²) in [5.41, 5.74) is 12.9. The summed E-state index contributed by atoms with van der Waals surface area (Å²) in [6.07, 6.45) is 0. The molecule has 0 aliphatic carbocycles. The summed E-state index contributed by atoms with van der Waals surface area (Å²) in [4.78, 5) is 13.6. The minimum atomic E-state index is -0.472. The van der Waals surface area contributed by atoms with Crippen LogP contribution in [0.2, 0.25) is 0 Å². The highest BCUT2D eigenvalue weighted by Gasteiger charge is 2.10. The Bertz CT molecular complexity index is 606. The Balaban J connectivity index is 2.17. The summed E-state index contributed by atoms with van der Waals surface area (Å²) in [5, 5.41) is 3.34. The van der Waals surface area contributed by atoms with Crippen LogP contribution in [0.15, 0.2) is 30.3 Å². The van der Waals surface area contributed by atoms with E-state index in [2.05, 4.69) is 31.3 Å². The number of carbonyl (C=O) groups is 1. The highest BCUT2D eigenvalue weighted by Crippen LogP contribution is 2.28. The van der Waals surface area contributed by atoms with E-state index in [-0.39, 0.29) is 6.04 Å². The van der Waals surface area contributed by atoms with Crippen LogP contribution < -0.4 is 16.8 Å². The predicted octanol–water partition coefficient (Wildman–Crippen LogP) is 2.91. The summed E-state index contributed by atoms with van der Waals surface area (Å²) in [6.45, 7) is 4.16. The first-order valence-corrected chi connectivity index (χ1v) is 6.81. The minimum absolute atomic E-state index is 0.167. The number of carbonyl (C=O) groups excluding carboxylic acids is 1. The molecule has 1 heterocycles. The number of anilines is 2. The van der Waals surface area contributed by atoms with E-state index in [0.29, 0.717) is 11.3 Å². The van der Waals surface area contributed by atoms with Gasteiger partial charge in [0.2, 0.25) is 5.91 Å². The van der Waals surface area contributed by atoms with Crippen LogP contribution in [0.5, 0.6) is 0 Å². The SMILES string of the molecule is Cc1ccc(C(C)Nc2ccc(C(N)=O)cc2N)s1. The maximum absolute atomic E-state index is 11.1. The predicted molar refractivity (Wildman–Crippen MR) is 80.5 cm³/mol. The summed E-state index contributed by atoms with van der Waals surface area (Å²) < 4.78 is 0. The molecule has 0 saturated carbocycles. The maximum Gasteiger partial charge on any atom is 0.248 e. The van der Waals surface area contributed by atoms with Crippen LogP contribution in [0.25, 0.3) is 0 Å². The van der Waals surface area contributed by atoms with Crippen molar-refractivity contribution in [2.45, 2.75) is 19.9 Å². The lowest BCUT2D eigenvalue weighted by molar-refractivity contribution is 0.100. The van der Waals surface area contributed by atoms with Crippen molar-refractivity contribution in [1.29, 1.82) is 0 Å². The number of benzene rings is 1. The molecule has 0 bridgehead atoms. The Morgan fingerprint density at radius 3 is 2.58 bits per heavy atom. The highest BCUT2D eigenvalue weighted by atomic mass is 32.1. The van der Waals surface area contributed by atoms with E-state index >= 15 is 0 Å². The zero-order chi connectivity index (χ0) is 14.0. The molecule has 1 aromatic carbocycles. The molecule has 2 rings (SSSR count). The summed E-state index contributed by atoms with van der Waals surface area (Å²) in [7, 11) is 0. The van der Waals surface area contributed by atoms with E-state index in [4.69, 9.17) is 11.5 Å². The van der Waals surface area contributed by atoms with Gasteiger partial charge in [-0.15, -0.1) is 11.3 Å². The fourth-order valence-corrected chi connectivity index (χ4v) is 2.72. The van der Waals surface area contributed by atoms with Gasteiger partial charge in [0, 0.05) is 15.3 Å². The van der Waals surface area contributed by atoms with Gasteiger partial charge in [-0.25, -0.2) is 0 Å². The average Bonchev–Trinajstić information content (AvgIpc) is 2.78. The number of hydrogen-bond donors (Lipinski definition) is 3. The molecule has 0 aliphatic rings. The van der Waals surface area contributed by atoms with Gasteiger partial charge >= 0.3 is 0 Å². The van der Waals surface area contributed by atoms with Crippen LogP contribution >= 0.6 is 11.3 Å². The molecule has 0 fully saturated rings. The molecular formula is C14H17N3OS. The number of aryl methyl sites for hydroxylation is 1. The molecule has 2 aromatic rings. The van der Waals surface area contributed by atoms with E-state index in [1.807, 2.05) is 0 Å². The third-order valence-electron chi connectivity index (χ3n) is 2.90. The number of nitrogens with one attached hydrogen (secondary N) is 1. The Morgan fingerprint density at radius 1 is 1.32 bits per heavy atom. The molecule has 1 aromatic heterocycles. The minimum Gasteiger partial charge on any atom is -0.397 e. The molecule has 100 valence electrons. The van der Waals surface area contributed by atoms with Crippen molar-refractivity contribution < 1.29 is 4.79 Å². The number of rotatable bonds is 4. The van der Waals surface area contributed by atoms with Crippen molar-refractivity contribution in [3.63, 3.8) is 0 Å². The topological polar surface area (TPSA) is 81.1 Å². The smallest absolute Gasteiger partial charge is 0.248 e. The lowest BCUT2D eigenvalue weighted by Gasteiger charge is -2.16. The van der Waals surface area contributed by atoms with Gasteiger partial charge in [0.15, 0.2) is 0 Å². The van der Waals surface area contributed by atoms with Crippen LogP contribution in [0, 0.1) is 6.92 Å². The third-order valence-corrected chi connectivity index (χ3v) is 4.08. The molecule has 0 radical (unpaired) electrons. The van der Waals surface area contributed by atoms with Crippen LogP contribution in [-0.4, -0.2) is 5.91 Å². The number of nitrogen functional groups attached to an aromatic ring is 1. The average molecular weight is 275 g/mol. The van der Waals surface area contributed by atoms with E-state index in [9.17, 15) is 4.79 Å². The van der Waals surface area contributed by atoms with Gasteiger partial charge in [0.05, 0.1) is 17.4 Å². The number of amides is 1. The van der Waals surface area contributed by atoms with E-state index in [1.165, 1.54) is 9.75 Å². The Kier molecular flexibility index (Phi) is 3.76. The van der Waals surface area contributed by atoms with Crippen molar-refractivity contribution in [2.75, 3.05) is 11.1 Å². The van der Waals surface area contributed by atoms with Crippen LogP contribution in [0.3, 0.4) is 0 Å². The number of nitrogens with two attached hydrogens (primary N) is 2. The summed E-state index contributed by atoms with van der Waals surface area (Å²) in [5.74, 6) is -0.472. The second-order valence-corrected chi connectivity index (χ2v) is 5.80. The lowest BCUT2D eigenvalue weighted by Crippen LogP contribution is -2.12. The first-order chi connectivity index (χ1) is 8.97. The standard InChI is InChI=1S/C14H17N3OS/c1-8-3-6-13(19-8)9(2)17-12-5-4-10(14(16)18)7-11(12)15/h3-7,9,17H,15H2,1-2H3,(H2,16,18). The lowest BCUT2D eigenvalue weighted by atomic mass is 10.1. The molecule has 4 nitrogen and oxygen atoms in total. The first-order valence-electron chi connectivity index (χ1n) is 5.99. The maximum atomic E-state index is 11.1. The zero-order valence-electron chi connectivity index (χ0n) is 10.9. The molecule has 0 saturated heterocycles. The Labute approximate surface area is 116 Å². The molecular weight excluding hydrogens is 258 g/mol. The highest BCUT2D eigenvalue weighted by molar-refractivity contribution is 7.12. The fraction of sp³-hybridized carbons (Fsp3) is 0.214. The first kappa shape index (κ1) is 13.4. The molecule has 5 N–H and O–H groups in total. The van der Waals surface area contributed by atoms with Crippen molar-refractivity contribution in [1.82, 2.24) is 0 Å². The van der Waals surface area contributed by atoms with Gasteiger partial charge in [0.25, 0.3) is 0 Å². The number of hydrogen-bond acceptors (Lipinski definition) is 4. The molecule has 1 amide bonds. The largest absolute Gasteiger partial charge is 0.397 e. The molecule has 5 heteroatoms. The monoisotopic (exact) mass is 275 g/mol. The van der Waals surface area contributed by atoms with Gasteiger partial charge in [-0.2, -0.15) is 0 Å². The van der Waals surface area contributed by atoms with Crippen molar-refractivity contribution in [3.05, 3.63) is 45.6 Å². The van der Waals surface area contributed by atoms with E-state index in [0.717, 1.165) is 5.69 Å². The quantitative estimate of drug-likeness (QED) is 0.750. The van der Waals surface area contributed by atoms with Gasteiger partial charge in [-0.3, -0.25) is 4.79 Å². The Morgan fingerprint density at radius 2 is 2.05 bits per heavy atom. The number of primary amides is 1. The second kappa shape index (κ2) is 5.32. The molecule has 19 heavy (non-hydrogen) atoms. The van der Waals surface area contributed by atoms with Crippen LogP contribution in [-0.2, 0) is 0 Å². The van der Waals surface area contributed by atoms with Gasteiger partial charge in [-0.05, 0) is 44.2 Å². The normalized spacial score (nSPS) is 12.1. The van der Waals surface area contributed by atoms with Gasteiger partial charge in [0.1, 0.15) is 0 Å². The summed E-state index contributed by atoms with van der Waals surface area (Å²) >= 11 is 1.75. The molecule has 1 atom stereocenters. The fourth-order valence-electron chi connectivity index (χ4n) is 1.84. The van der Waals surface area contributed by atoms with Crippen LogP contribution in [0.1, 0.15) is 33.1 Å². The van der Waals surface area contributed by atoms with Crippen molar-refractivity contribution in [3.8, 4) is 0 Å². The molecule has 1 unspecified atom stereocenters. The molecule has 0 spiro atoms. The van der Waals surface area contributed by atoms with Crippen LogP contribution in [0.4, 0.5) is 11.4 Å². The van der Waals surface area contributed by atoms with E-state index < -0.39 is 5.91 Å². The molecule has 0 aliphatic heterocycles. The van der Waals surface area contributed by atoms with Gasteiger partial charge in [-0.1, -0.05) is 0 Å². The van der Waals surface area contributed by atoms with E-state index in [1.54, 1.807) is 29.5 Å². The second-order valence-electron chi connectivity index (χ2n) is 4.48. The van der Waals surface area contributed by atoms with Crippen molar-refractivity contribution in [2.24, 2.45) is 5.73 Å². The Hall–Kier alpha value is -2.01. The van der Waals surface area contributed by atoms with Gasteiger partial charge < -0.3 is 16.8 Å². The van der Waals surface area contributed by atoms with Crippen molar-refractivity contribution >= 4 is 28.6 Å². The number of thiophene rings is 1.